The van der Waals surface area contributed by atoms with Crippen molar-refractivity contribution in [2.75, 3.05) is 23.7 Å². The van der Waals surface area contributed by atoms with Crippen molar-refractivity contribution in [1.82, 2.24) is 10.2 Å². The lowest BCUT2D eigenvalue weighted by molar-refractivity contribution is -0.141. The number of fused-ring (bicyclic) bond motifs is 2. The topological polar surface area (TPSA) is 137 Å². The monoisotopic (exact) mass is 586 g/mol. The average molecular weight is 587 g/mol. The summed E-state index contributed by atoms with van der Waals surface area (Å²) >= 11 is 0. The second kappa shape index (κ2) is 11.4. The van der Waals surface area contributed by atoms with Crippen molar-refractivity contribution in [3.63, 3.8) is 0 Å². The first-order valence-electron chi connectivity index (χ1n) is 14.3. The Hall–Kier alpha value is -4.93. The standard InChI is InChI=1S/C32H31FN4O6/c33-27-23(20-7-8-20)13-14-24-26(27)32(43-31(42)36-24)15-4-16-37(18-32)29(39)25(17-19-5-2-1-3-6-19)35-28(38)21-9-11-22(12-10-21)34-30(40)41/h1-3,5-6,9-14,20,25,34H,4,7-8,15-18H2,(H,35,38)(H,36,42)(H,40,41)/t25?,32-/m0/s1. The molecule has 1 spiro atoms. The molecule has 0 aromatic heterocycles. The van der Waals surface area contributed by atoms with Crippen molar-refractivity contribution in [2.24, 2.45) is 0 Å². The van der Waals surface area contributed by atoms with Crippen molar-refractivity contribution in [3.05, 3.63) is 94.8 Å². The number of anilines is 2. The Morgan fingerprint density at radius 2 is 1.81 bits per heavy atom. The molecule has 0 radical (unpaired) electrons. The second-order valence-electron chi connectivity index (χ2n) is 11.3. The predicted molar refractivity (Wildman–Crippen MR) is 155 cm³/mol. The van der Waals surface area contributed by atoms with Crippen LogP contribution in [0.3, 0.4) is 0 Å². The molecule has 0 bridgehead atoms. The molecular formula is C32H31FN4O6. The Labute approximate surface area is 247 Å². The van der Waals surface area contributed by atoms with Crippen LogP contribution in [0.4, 0.5) is 25.4 Å². The van der Waals surface area contributed by atoms with Crippen molar-refractivity contribution in [3.8, 4) is 0 Å². The van der Waals surface area contributed by atoms with Crippen LogP contribution in [-0.4, -0.2) is 53.1 Å². The lowest BCUT2D eigenvalue weighted by Crippen LogP contribution is -2.58. The highest BCUT2D eigenvalue weighted by Crippen LogP contribution is 2.49. The maximum Gasteiger partial charge on any atom is 0.412 e. The molecule has 43 heavy (non-hydrogen) atoms. The van der Waals surface area contributed by atoms with Gasteiger partial charge in [0.15, 0.2) is 5.60 Å². The Bertz CT molecular complexity index is 1580. The molecule has 4 N–H and O–H groups in total. The van der Waals surface area contributed by atoms with E-state index in [0.29, 0.717) is 36.3 Å². The molecule has 6 rings (SSSR count). The normalized spacial score (nSPS) is 19.9. The minimum Gasteiger partial charge on any atom is -0.465 e. The number of carbonyl (C=O) groups excluding carboxylic acids is 3. The summed E-state index contributed by atoms with van der Waals surface area (Å²) in [7, 11) is 0. The lowest BCUT2D eigenvalue weighted by Gasteiger charge is -2.46. The molecule has 2 heterocycles. The van der Waals surface area contributed by atoms with Crippen molar-refractivity contribution in [1.29, 1.82) is 0 Å². The summed E-state index contributed by atoms with van der Waals surface area (Å²) in [6, 6.07) is 17.6. The number of benzene rings is 3. The summed E-state index contributed by atoms with van der Waals surface area (Å²) in [5.74, 6) is -1.15. The molecule has 3 aliphatic rings. The summed E-state index contributed by atoms with van der Waals surface area (Å²) in [4.78, 5) is 52.5. The fourth-order valence-electron chi connectivity index (χ4n) is 6.05. The molecule has 3 aromatic rings. The van der Waals surface area contributed by atoms with Crippen LogP contribution in [0, 0.1) is 5.82 Å². The lowest BCUT2D eigenvalue weighted by atomic mass is 9.81. The number of carbonyl (C=O) groups is 4. The Morgan fingerprint density at radius 3 is 2.51 bits per heavy atom. The molecule has 2 atom stereocenters. The zero-order chi connectivity index (χ0) is 30.1. The van der Waals surface area contributed by atoms with Crippen LogP contribution >= 0.6 is 0 Å². The minimum absolute atomic E-state index is 0.0476. The van der Waals surface area contributed by atoms with Crippen molar-refractivity contribution < 1.29 is 33.4 Å². The zero-order valence-corrected chi connectivity index (χ0v) is 23.3. The molecule has 222 valence electrons. The van der Waals surface area contributed by atoms with E-state index in [-0.39, 0.29) is 35.9 Å². The molecule has 1 saturated heterocycles. The SMILES string of the molecule is O=C(O)Nc1ccc(C(=O)NC(Cc2ccccc2)C(=O)N2CCC[C@@]3(C2)OC(=O)Nc2ccc(C4CC4)c(F)c23)cc1. The van der Waals surface area contributed by atoms with E-state index in [1.807, 2.05) is 30.3 Å². The van der Waals surface area contributed by atoms with Crippen LogP contribution in [0.15, 0.2) is 66.7 Å². The van der Waals surface area contributed by atoms with Crippen LogP contribution in [0.25, 0.3) is 0 Å². The average Bonchev–Trinajstić information content (AvgIpc) is 3.82. The Morgan fingerprint density at radius 1 is 1.07 bits per heavy atom. The zero-order valence-electron chi connectivity index (χ0n) is 23.3. The van der Waals surface area contributed by atoms with Crippen LogP contribution in [-0.2, 0) is 21.6 Å². The van der Waals surface area contributed by atoms with Gasteiger partial charge in [-0.15, -0.1) is 0 Å². The van der Waals surface area contributed by atoms with E-state index in [9.17, 15) is 19.2 Å². The minimum atomic E-state index is -1.35. The number of nitrogens with one attached hydrogen (secondary N) is 3. The van der Waals surface area contributed by atoms with Gasteiger partial charge in [-0.2, -0.15) is 0 Å². The van der Waals surface area contributed by atoms with Gasteiger partial charge in [-0.05, 0) is 73.1 Å². The van der Waals surface area contributed by atoms with E-state index in [2.05, 4.69) is 16.0 Å². The molecule has 10 nitrogen and oxygen atoms in total. The van der Waals surface area contributed by atoms with E-state index < -0.39 is 35.6 Å². The Balaban J connectivity index is 1.27. The first-order chi connectivity index (χ1) is 20.7. The van der Waals surface area contributed by atoms with Gasteiger partial charge in [-0.25, -0.2) is 14.0 Å². The molecular weight excluding hydrogens is 555 g/mol. The van der Waals surface area contributed by atoms with Gasteiger partial charge in [-0.1, -0.05) is 36.4 Å². The third-order valence-electron chi connectivity index (χ3n) is 8.22. The predicted octanol–water partition coefficient (Wildman–Crippen LogP) is 5.21. The number of nitrogens with zero attached hydrogens (tertiary/aromatic N) is 1. The first-order valence-corrected chi connectivity index (χ1v) is 14.3. The number of hydrogen-bond donors (Lipinski definition) is 4. The highest BCUT2D eigenvalue weighted by molar-refractivity contribution is 5.98. The summed E-state index contributed by atoms with van der Waals surface area (Å²) < 4.78 is 21.8. The summed E-state index contributed by atoms with van der Waals surface area (Å²) in [6.45, 7) is 0.301. The molecule has 4 amide bonds. The molecule has 2 fully saturated rings. The number of carboxylic acid groups (broad SMARTS) is 1. The maximum absolute atomic E-state index is 16.0. The molecule has 2 aliphatic heterocycles. The number of hydrogen-bond acceptors (Lipinski definition) is 5. The first kappa shape index (κ1) is 28.2. The van der Waals surface area contributed by atoms with Gasteiger partial charge < -0.3 is 20.1 Å². The van der Waals surface area contributed by atoms with Crippen LogP contribution in [0.1, 0.15) is 58.6 Å². The van der Waals surface area contributed by atoms with Gasteiger partial charge in [0, 0.05) is 24.2 Å². The van der Waals surface area contributed by atoms with E-state index in [1.54, 1.807) is 17.0 Å². The van der Waals surface area contributed by atoms with E-state index in [1.165, 1.54) is 24.3 Å². The number of halogens is 1. The molecule has 1 aliphatic carbocycles. The molecule has 11 heteroatoms. The highest BCUT2D eigenvalue weighted by atomic mass is 19.1. The van der Waals surface area contributed by atoms with Gasteiger partial charge in [0.1, 0.15) is 11.9 Å². The number of rotatable bonds is 7. The fourth-order valence-corrected chi connectivity index (χ4v) is 6.05. The quantitative estimate of drug-likeness (QED) is 0.300. The fraction of sp³-hybridized carbons (Fsp3) is 0.312. The summed E-state index contributed by atoms with van der Waals surface area (Å²) in [5, 5.41) is 16.6. The maximum atomic E-state index is 16.0. The van der Waals surface area contributed by atoms with Crippen molar-refractivity contribution >= 4 is 35.4 Å². The number of amides is 4. The largest absolute Gasteiger partial charge is 0.465 e. The highest BCUT2D eigenvalue weighted by Gasteiger charge is 2.49. The van der Waals surface area contributed by atoms with Crippen LogP contribution in [0.2, 0.25) is 0 Å². The molecule has 3 aromatic carbocycles. The van der Waals surface area contributed by atoms with Crippen molar-refractivity contribution in [2.45, 2.75) is 49.7 Å². The molecule has 1 saturated carbocycles. The number of ether oxygens (including phenoxy) is 1. The Kier molecular flexibility index (Phi) is 7.47. The summed E-state index contributed by atoms with van der Waals surface area (Å²) in [5.41, 5.74) is 1.23. The summed E-state index contributed by atoms with van der Waals surface area (Å²) in [6.07, 6.45) is 0.905. The van der Waals surface area contributed by atoms with Gasteiger partial charge >= 0.3 is 12.2 Å². The molecule has 1 unspecified atom stereocenters. The van der Waals surface area contributed by atoms with Crippen LogP contribution < -0.4 is 16.0 Å². The van der Waals surface area contributed by atoms with Gasteiger partial charge in [0.2, 0.25) is 5.91 Å². The smallest absolute Gasteiger partial charge is 0.412 e. The number of piperidine rings is 1. The van der Waals surface area contributed by atoms with E-state index in [0.717, 1.165) is 18.4 Å². The van der Waals surface area contributed by atoms with E-state index >= 15 is 4.39 Å². The van der Waals surface area contributed by atoms with Gasteiger partial charge in [0.25, 0.3) is 5.91 Å². The van der Waals surface area contributed by atoms with Crippen LogP contribution in [0.5, 0.6) is 0 Å². The van der Waals surface area contributed by atoms with Gasteiger partial charge in [-0.3, -0.25) is 20.2 Å². The number of likely N-dealkylation sites (tertiary alicyclic amines) is 1. The third kappa shape index (κ3) is 5.88. The second-order valence-corrected chi connectivity index (χ2v) is 11.3. The van der Waals surface area contributed by atoms with E-state index in [4.69, 9.17) is 9.84 Å². The third-order valence-corrected chi connectivity index (χ3v) is 8.22. The van der Waals surface area contributed by atoms with Gasteiger partial charge in [0.05, 0.1) is 17.8 Å².